The molecule has 3 rings (SSSR count). The van der Waals surface area contributed by atoms with Gasteiger partial charge in [0.05, 0.1) is 26.6 Å². The molecule has 16 nitrogen and oxygen atoms in total. The number of nitrogens with zero attached hydrogens (tertiary/aromatic N) is 5. The van der Waals surface area contributed by atoms with Gasteiger partial charge < -0.3 is 28.7 Å². The van der Waals surface area contributed by atoms with E-state index in [1.807, 2.05) is 0 Å². The Bertz CT molecular complexity index is 1550. The number of methoxy groups -OCH3 is 1. The van der Waals surface area contributed by atoms with Gasteiger partial charge in [0.2, 0.25) is 0 Å². The van der Waals surface area contributed by atoms with E-state index in [0.29, 0.717) is 5.56 Å². The van der Waals surface area contributed by atoms with Gasteiger partial charge in [0.25, 0.3) is 10.6 Å². The predicted molar refractivity (Wildman–Crippen MR) is 137 cm³/mol. The third kappa shape index (κ3) is 7.31. The first-order valence-corrected chi connectivity index (χ1v) is 11.8. The van der Waals surface area contributed by atoms with Gasteiger partial charge in [-0.25, -0.2) is 14.6 Å². The number of benzene rings is 1. The molecule has 2 aromatic heterocycles. The van der Waals surface area contributed by atoms with Crippen molar-refractivity contribution in [2.75, 3.05) is 20.3 Å². The molecule has 214 valence electrons. The molecular formula is C24H27N5O11. The van der Waals surface area contributed by atoms with E-state index < -0.39 is 34.4 Å². The van der Waals surface area contributed by atoms with Gasteiger partial charge in [-0.2, -0.15) is 0 Å². The molecule has 0 saturated carbocycles. The number of aliphatic hydroxyl groups is 1. The molecule has 2 heterocycles. The summed E-state index contributed by atoms with van der Waals surface area (Å²) in [5, 5.41) is 19.5. The van der Waals surface area contributed by atoms with Crippen LogP contribution < -0.4 is 20.7 Å². The lowest BCUT2D eigenvalue weighted by atomic mass is 10.2. The van der Waals surface area contributed by atoms with Crippen molar-refractivity contribution in [1.29, 1.82) is 0 Å². The van der Waals surface area contributed by atoms with Crippen LogP contribution in [-0.2, 0) is 39.8 Å². The molecule has 0 radical (unpaired) electrons. The summed E-state index contributed by atoms with van der Waals surface area (Å²) < 4.78 is 19.0. The predicted octanol–water partition coefficient (Wildman–Crippen LogP) is -0.0463. The number of aliphatic hydroxyl groups excluding tert-OH is 1. The minimum Gasteiger partial charge on any atom is -0.493 e. The highest BCUT2D eigenvalue weighted by Crippen LogP contribution is 2.29. The van der Waals surface area contributed by atoms with Crippen LogP contribution in [0.1, 0.15) is 18.4 Å². The Morgan fingerprint density at radius 2 is 1.95 bits per heavy atom. The van der Waals surface area contributed by atoms with Crippen molar-refractivity contribution in [1.82, 2.24) is 18.7 Å². The molecule has 16 heteroatoms. The first-order chi connectivity index (χ1) is 19.0. The lowest BCUT2D eigenvalue weighted by Crippen LogP contribution is -2.38. The average molecular weight is 562 g/mol. The third-order valence-electron chi connectivity index (χ3n) is 5.59. The summed E-state index contributed by atoms with van der Waals surface area (Å²) in [6, 6.07) is 4.52. The minimum absolute atomic E-state index is 0.0953. The van der Waals surface area contributed by atoms with E-state index in [4.69, 9.17) is 14.2 Å². The minimum atomic E-state index is -1.17. The van der Waals surface area contributed by atoms with E-state index >= 15 is 0 Å². The number of hydrogen-bond donors (Lipinski definition) is 1. The van der Waals surface area contributed by atoms with E-state index in [2.05, 4.69) is 9.82 Å². The SMILES string of the molecule is COc1cc(C=CC(=O)OCC(O)Cn2cnc3c2c(=O)n(C)c(=O)n3C)ccc1OC(=O)CCCO[N+](=O)[O-]. The van der Waals surface area contributed by atoms with Crippen molar-refractivity contribution < 1.29 is 38.8 Å². The molecule has 0 bridgehead atoms. The molecule has 3 aromatic rings. The summed E-state index contributed by atoms with van der Waals surface area (Å²) in [7, 11) is 4.17. The maximum Gasteiger partial charge on any atom is 0.332 e. The number of ether oxygens (including phenoxy) is 3. The van der Waals surface area contributed by atoms with Crippen LogP contribution in [0.3, 0.4) is 0 Å². The Morgan fingerprint density at radius 3 is 2.65 bits per heavy atom. The van der Waals surface area contributed by atoms with E-state index in [-0.39, 0.29) is 55.3 Å². The normalized spacial score (nSPS) is 11.9. The van der Waals surface area contributed by atoms with Crippen molar-refractivity contribution in [3.8, 4) is 11.5 Å². The molecule has 0 aliphatic carbocycles. The van der Waals surface area contributed by atoms with Crippen LogP contribution >= 0.6 is 0 Å². The van der Waals surface area contributed by atoms with E-state index in [1.54, 1.807) is 6.07 Å². The highest BCUT2D eigenvalue weighted by atomic mass is 16.9. The van der Waals surface area contributed by atoms with Crippen molar-refractivity contribution in [2.24, 2.45) is 14.1 Å². The van der Waals surface area contributed by atoms with Gasteiger partial charge in [-0.3, -0.25) is 18.7 Å². The number of carbonyl (C=O) groups is 2. The van der Waals surface area contributed by atoms with E-state index in [1.165, 1.54) is 54.9 Å². The quantitative estimate of drug-likeness (QED) is 0.0731. The highest BCUT2D eigenvalue weighted by molar-refractivity contribution is 5.87. The molecule has 0 aliphatic rings. The van der Waals surface area contributed by atoms with E-state index in [9.17, 15) is 34.4 Å². The van der Waals surface area contributed by atoms with Crippen molar-refractivity contribution in [3.63, 3.8) is 0 Å². The first-order valence-electron chi connectivity index (χ1n) is 11.8. The molecule has 1 aromatic carbocycles. The summed E-state index contributed by atoms with van der Waals surface area (Å²) in [5.41, 5.74) is -0.295. The lowest BCUT2D eigenvalue weighted by Gasteiger charge is -2.12. The topological polar surface area (TPSA) is 196 Å². The summed E-state index contributed by atoms with van der Waals surface area (Å²) >= 11 is 0. The van der Waals surface area contributed by atoms with Gasteiger partial charge in [0, 0.05) is 26.6 Å². The Morgan fingerprint density at radius 1 is 1.20 bits per heavy atom. The maximum absolute atomic E-state index is 12.5. The van der Waals surface area contributed by atoms with Crippen molar-refractivity contribution in [2.45, 2.75) is 25.5 Å². The molecule has 0 fully saturated rings. The lowest BCUT2D eigenvalue weighted by molar-refractivity contribution is -0.757. The second-order valence-corrected chi connectivity index (χ2v) is 8.44. The number of carbonyl (C=O) groups excluding carboxylic acids is 2. The Balaban J connectivity index is 1.54. The largest absolute Gasteiger partial charge is 0.493 e. The van der Waals surface area contributed by atoms with Gasteiger partial charge >= 0.3 is 17.6 Å². The molecule has 40 heavy (non-hydrogen) atoms. The number of esters is 2. The fourth-order valence-electron chi connectivity index (χ4n) is 3.61. The van der Waals surface area contributed by atoms with Crippen LogP contribution in [-0.4, -0.2) is 67.2 Å². The second-order valence-electron chi connectivity index (χ2n) is 8.44. The monoisotopic (exact) mass is 561 g/mol. The number of aromatic nitrogens is 4. The number of imidazole rings is 1. The van der Waals surface area contributed by atoms with E-state index in [0.717, 1.165) is 10.6 Å². The Labute approximate surface area is 225 Å². The molecule has 1 N–H and O–H groups in total. The van der Waals surface area contributed by atoms with Gasteiger partial charge in [0.15, 0.2) is 22.7 Å². The second kappa shape index (κ2) is 13.2. The molecular weight excluding hydrogens is 534 g/mol. The summed E-state index contributed by atoms with van der Waals surface area (Å²) in [6.07, 6.45) is 2.68. The number of rotatable bonds is 13. The zero-order valence-electron chi connectivity index (χ0n) is 21.8. The molecule has 0 spiro atoms. The molecule has 1 atom stereocenters. The molecule has 0 aliphatic heterocycles. The number of hydrogen-bond acceptors (Lipinski definition) is 12. The average Bonchev–Trinajstić information content (AvgIpc) is 3.34. The maximum atomic E-state index is 12.5. The van der Waals surface area contributed by atoms with Crippen LogP contribution in [0.25, 0.3) is 17.2 Å². The van der Waals surface area contributed by atoms with Crippen molar-refractivity contribution >= 4 is 29.2 Å². The Kier molecular flexibility index (Phi) is 9.75. The third-order valence-corrected chi connectivity index (χ3v) is 5.59. The molecule has 0 amide bonds. The zero-order chi connectivity index (χ0) is 29.4. The fourth-order valence-corrected chi connectivity index (χ4v) is 3.61. The van der Waals surface area contributed by atoms with Gasteiger partial charge in [-0.15, -0.1) is 10.1 Å². The fraction of sp³-hybridized carbons (Fsp3) is 0.375. The van der Waals surface area contributed by atoms with Crippen LogP contribution in [0.2, 0.25) is 0 Å². The smallest absolute Gasteiger partial charge is 0.332 e. The molecule has 1 unspecified atom stereocenters. The zero-order valence-corrected chi connectivity index (χ0v) is 21.8. The summed E-state index contributed by atoms with van der Waals surface area (Å²) in [6.45, 7) is -0.723. The number of aryl methyl sites for hydroxylation is 1. The Hall–Kier alpha value is -4.99. The number of fused-ring (bicyclic) bond motifs is 1. The van der Waals surface area contributed by atoms with Crippen LogP contribution in [0.5, 0.6) is 11.5 Å². The summed E-state index contributed by atoms with van der Waals surface area (Å²) in [5.74, 6) is -1.06. The van der Waals surface area contributed by atoms with Gasteiger partial charge in [-0.1, -0.05) is 6.07 Å². The van der Waals surface area contributed by atoms with Gasteiger partial charge in [-0.05, 0) is 30.2 Å². The van der Waals surface area contributed by atoms with Crippen molar-refractivity contribution in [3.05, 3.63) is 67.1 Å². The van der Waals surface area contributed by atoms with Crippen LogP contribution in [0.4, 0.5) is 0 Å². The van der Waals surface area contributed by atoms with Crippen LogP contribution in [0, 0.1) is 10.1 Å². The first kappa shape index (κ1) is 29.6. The summed E-state index contributed by atoms with van der Waals surface area (Å²) in [4.78, 5) is 67.0. The van der Waals surface area contributed by atoms with Crippen LogP contribution in [0.15, 0.2) is 40.2 Å². The highest BCUT2D eigenvalue weighted by Gasteiger charge is 2.17. The van der Waals surface area contributed by atoms with Gasteiger partial charge in [0.1, 0.15) is 12.7 Å². The molecule has 0 saturated heterocycles. The standard InChI is InChI=1S/C24H27N5O11/c1-26-22-21(23(33)27(2)24(26)34)28(14-25-22)12-16(30)13-38-19(31)9-7-15-6-8-17(18(11-15)37-3)40-20(32)5-4-10-39-29(35)36/h6-9,11,14,16,30H,4-5,10,12-13H2,1-3H3.